The van der Waals surface area contributed by atoms with Crippen LogP contribution in [0.15, 0.2) is 36.4 Å². The highest BCUT2D eigenvalue weighted by atomic mass is 16.5. The second-order valence-electron chi connectivity index (χ2n) is 6.62. The number of carbonyl (C=O) groups excluding carboxylic acids is 2. The minimum absolute atomic E-state index is 0.0278. The number of rotatable bonds is 8. The molecule has 5 heteroatoms. The summed E-state index contributed by atoms with van der Waals surface area (Å²) in [6.45, 7) is 5.91. The number of anilines is 1. The first-order valence-corrected chi connectivity index (χ1v) is 8.99. The second-order valence-corrected chi connectivity index (χ2v) is 6.62. The molecule has 0 atom stereocenters. The molecule has 0 unspecified atom stereocenters. The summed E-state index contributed by atoms with van der Waals surface area (Å²) >= 11 is 0. The summed E-state index contributed by atoms with van der Waals surface area (Å²) in [4.78, 5) is 25.6. The Labute approximate surface area is 160 Å². The standard InChI is InChI=1S/C22H27NO4/c1-15-8-9-16(2)19(13-15)23(4)22(25)7-6-12-27-20-11-10-18(17(3)24)14-21(20)26-5/h8-11,13-14H,6-7,12H2,1-5H3. The van der Waals surface area contributed by atoms with Gasteiger partial charge in [-0.25, -0.2) is 0 Å². The number of Topliss-reactive ketones (excluding diaryl/α,β-unsaturated/α-hetero) is 1. The number of hydrogen-bond donors (Lipinski definition) is 0. The molecule has 0 aliphatic carbocycles. The van der Waals surface area contributed by atoms with Gasteiger partial charge in [-0.3, -0.25) is 9.59 Å². The van der Waals surface area contributed by atoms with Crippen molar-refractivity contribution in [1.82, 2.24) is 0 Å². The maximum absolute atomic E-state index is 12.5. The Morgan fingerprint density at radius 2 is 1.78 bits per heavy atom. The quantitative estimate of drug-likeness (QED) is 0.513. The third kappa shape index (κ3) is 5.33. The van der Waals surface area contributed by atoms with Gasteiger partial charge in [-0.15, -0.1) is 0 Å². The molecule has 27 heavy (non-hydrogen) atoms. The monoisotopic (exact) mass is 369 g/mol. The summed E-state index contributed by atoms with van der Waals surface area (Å²) in [6, 6.07) is 11.2. The molecule has 0 aromatic heterocycles. The third-order valence-electron chi connectivity index (χ3n) is 4.46. The zero-order valence-corrected chi connectivity index (χ0v) is 16.7. The van der Waals surface area contributed by atoms with E-state index in [1.54, 1.807) is 30.1 Å². The van der Waals surface area contributed by atoms with Crippen molar-refractivity contribution in [3.05, 3.63) is 53.1 Å². The van der Waals surface area contributed by atoms with Crippen LogP contribution in [0.2, 0.25) is 0 Å². The van der Waals surface area contributed by atoms with Gasteiger partial charge in [-0.05, 0) is 62.6 Å². The van der Waals surface area contributed by atoms with Crippen molar-refractivity contribution in [2.45, 2.75) is 33.6 Å². The second kappa shape index (κ2) is 9.21. The van der Waals surface area contributed by atoms with Crippen molar-refractivity contribution in [2.75, 3.05) is 25.7 Å². The van der Waals surface area contributed by atoms with E-state index in [2.05, 4.69) is 0 Å². The van der Waals surface area contributed by atoms with E-state index in [0.29, 0.717) is 36.5 Å². The Morgan fingerprint density at radius 3 is 2.44 bits per heavy atom. The van der Waals surface area contributed by atoms with Crippen LogP contribution < -0.4 is 14.4 Å². The molecule has 0 spiro atoms. The van der Waals surface area contributed by atoms with Crippen molar-refractivity contribution in [1.29, 1.82) is 0 Å². The molecule has 0 fully saturated rings. The Balaban J connectivity index is 1.90. The molecule has 5 nitrogen and oxygen atoms in total. The fraction of sp³-hybridized carbons (Fsp3) is 0.364. The van der Waals surface area contributed by atoms with Crippen molar-refractivity contribution in [2.24, 2.45) is 0 Å². The summed E-state index contributed by atoms with van der Waals surface area (Å²) in [6.07, 6.45) is 0.976. The van der Waals surface area contributed by atoms with E-state index in [1.807, 2.05) is 32.0 Å². The lowest BCUT2D eigenvalue weighted by Crippen LogP contribution is -2.27. The molecule has 2 aromatic rings. The molecule has 0 aliphatic rings. The number of ether oxygens (including phenoxy) is 2. The lowest BCUT2D eigenvalue weighted by Gasteiger charge is -2.20. The number of benzene rings is 2. The number of methoxy groups -OCH3 is 1. The number of hydrogen-bond acceptors (Lipinski definition) is 4. The van der Waals surface area contributed by atoms with Crippen molar-refractivity contribution >= 4 is 17.4 Å². The van der Waals surface area contributed by atoms with Crippen molar-refractivity contribution < 1.29 is 19.1 Å². The number of ketones is 1. The lowest BCUT2D eigenvalue weighted by molar-refractivity contribution is -0.118. The van der Waals surface area contributed by atoms with Gasteiger partial charge in [0.1, 0.15) is 0 Å². The SMILES string of the molecule is COc1cc(C(C)=O)ccc1OCCCC(=O)N(C)c1cc(C)ccc1C. The molecule has 144 valence electrons. The van der Waals surface area contributed by atoms with Gasteiger partial charge in [0.05, 0.1) is 13.7 Å². The fourth-order valence-electron chi connectivity index (χ4n) is 2.79. The van der Waals surface area contributed by atoms with Crippen LogP contribution in [0, 0.1) is 13.8 Å². The van der Waals surface area contributed by atoms with Crippen LogP contribution in [-0.2, 0) is 4.79 Å². The van der Waals surface area contributed by atoms with E-state index in [4.69, 9.17) is 9.47 Å². The first kappa shape index (κ1) is 20.5. The van der Waals surface area contributed by atoms with Gasteiger partial charge in [0, 0.05) is 24.7 Å². The van der Waals surface area contributed by atoms with Gasteiger partial charge in [0.2, 0.25) is 5.91 Å². The van der Waals surface area contributed by atoms with Crippen LogP contribution in [0.25, 0.3) is 0 Å². The molecule has 0 saturated heterocycles. The van der Waals surface area contributed by atoms with Gasteiger partial charge in [-0.1, -0.05) is 12.1 Å². The van der Waals surface area contributed by atoms with Crippen LogP contribution in [0.3, 0.4) is 0 Å². The molecule has 1 amide bonds. The number of nitrogens with zero attached hydrogens (tertiary/aromatic N) is 1. The van der Waals surface area contributed by atoms with Gasteiger partial charge < -0.3 is 14.4 Å². The van der Waals surface area contributed by atoms with Crippen LogP contribution in [0.5, 0.6) is 11.5 Å². The maximum atomic E-state index is 12.5. The molecule has 2 aromatic carbocycles. The fourth-order valence-corrected chi connectivity index (χ4v) is 2.79. The topological polar surface area (TPSA) is 55.8 Å². The average molecular weight is 369 g/mol. The van der Waals surface area contributed by atoms with E-state index in [9.17, 15) is 9.59 Å². The Kier molecular flexibility index (Phi) is 6.99. The minimum Gasteiger partial charge on any atom is -0.493 e. The predicted octanol–water partition coefficient (Wildman–Crippen LogP) is 4.34. The Bertz CT molecular complexity index is 829. The van der Waals surface area contributed by atoms with Crippen molar-refractivity contribution in [3.8, 4) is 11.5 Å². The van der Waals surface area contributed by atoms with Gasteiger partial charge in [0.25, 0.3) is 0 Å². The minimum atomic E-state index is -0.0278. The first-order valence-electron chi connectivity index (χ1n) is 8.99. The van der Waals surface area contributed by atoms with E-state index in [-0.39, 0.29) is 11.7 Å². The molecule has 2 rings (SSSR count). The summed E-state index contributed by atoms with van der Waals surface area (Å²) < 4.78 is 11.0. The zero-order chi connectivity index (χ0) is 20.0. The van der Waals surface area contributed by atoms with Gasteiger partial charge >= 0.3 is 0 Å². The van der Waals surface area contributed by atoms with Crippen molar-refractivity contribution in [3.63, 3.8) is 0 Å². The zero-order valence-electron chi connectivity index (χ0n) is 16.7. The molecular formula is C22H27NO4. The molecule has 0 N–H and O–H groups in total. The van der Waals surface area contributed by atoms with Crippen LogP contribution in [0.4, 0.5) is 5.69 Å². The largest absolute Gasteiger partial charge is 0.493 e. The van der Waals surface area contributed by atoms with E-state index in [1.165, 1.54) is 14.0 Å². The molecular weight excluding hydrogens is 342 g/mol. The number of aryl methyl sites for hydroxylation is 2. The molecule has 0 bridgehead atoms. The third-order valence-corrected chi connectivity index (χ3v) is 4.46. The highest BCUT2D eigenvalue weighted by Crippen LogP contribution is 2.28. The highest BCUT2D eigenvalue weighted by Gasteiger charge is 2.14. The summed E-state index contributed by atoms with van der Waals surface area (Å²) in [5.74, 6) is 1.10. The van der Waals surface area contributed by atoms with Gasteiger partial charge in [-0.2, -0.15) is 0 Å². The smallest absolute Gasteiger partial charge is 0.226 e. The van der Waals surface area contributed by atoms with Gasteiger partial charge in [0.15, 0.2) is 17.3 Å². The lowest BCUT2D eigenvalue weighted by atomic mass is 10.1. The van der Waals surface area contributed by atoms with Crippen LogP contribution in [-0.4, -0.2) is 32.5 Å². The molecule has 0 heterocycles. The van der Waals surface area contributed by atoms with Crippen LogP contribution >= 0.6 is 0 Å². The van der Waals surface area contributed by atoms with E-state index < -0.39 is 0 Å². The molecule has 0 radical (unpaired) electrons. The Hall–Kier alpha value is -2.82. The van der Waals surface area contributed by atoms with Crippen LogP contribution in [0.1, 0.15) is 41.3 Å². The summed E-state index contributed by atoms with van der Waals surface area (Å²) in [5, 5.41) is 0. The highest BCUT2D eigenvalue weighted by molar-refractivity contribution is 5.95. The van der Waals surface area contributed by atoms with E-state index in [0.717, 1.165) is 16.8 Å². The first-order chi connectivity index (χ1) is 12.8. The predicted molar refractivity (Wildman–Crippen MR) is 107 cm³/mol. The molecule has 0 saturated carbocycles. The number of amides is 1. The number of carbonyl (C=O) groups is 2. The summed E-state index contributed by atoms with van der Waals surface area (Å²) in [5.41, 5.74) is 3.70. The maximum Gasteiger partial charge on any atom is 0.226 e. The molecule has 0 aliphatic heterocycles. The average Bonchev–Trinajstić information content (AvgIpc) is 2.66. The Morgan fingerprint density at radius 1 is 1.04 bits per heavy atom. The summed E-state index contributed by atoms with van der Waals surface area (Å²) in [7, 11) is 3.34. The van der Waals surface area contributed by atoms with E-state index >= 15 is 0 Å². The normalized spacial score (nSPS) is 10.4.